The summed E-state index contributed by atoms with van der Waals surface area (Å²) in [4.78, 5) is 0. The summed E-state index contributed by atoms with van der Waals surface area (Å²) in [7, 11) is 0. The molecule has 6 atom stereocenters. The summed E-state index contributed by atoms with van der Waals surface area (Å²) in [6, 6.07) is -0.891. The molecule has 1 aliphatic carbocycles. The van der Waals surface area contributed by atoms with Crippen molar-refractivity contribution in [1.82, 2.24) is 0 Å². The fourth-order valence-corrected chi connectivity index (χ4v) is 1.82. The van der Waals surface area contributed by atoms with Gasteiger partial charge in [-0.15, -0.1) is 0 Å². The molecular formula is C7H13NO5. The van der Waals surface area contributed by atoms with Crippen molar-refractivity contribution >= 4 is 0 Å². The van der Waals surface area contributed by atoms with Gasteiger partial charge in [0.25, 0.3) is 0 Å². The molecular weight excluding hydrogens is 178 g/mol. The largest absolute Gasteiger partial charge is 0.389 e. The van der Waals surface area contributed by atoms with Crippen molar-refractivity contribution in [2.45, 2.75) is 36.6 Å². The number of hydrogen-bond donors (Lipinski definition) is 4. The maximum Gasteiger partial charge on any atom is 0.148 e. The third-order valence-electron chi connectivity index (χ3n) is 2.66. The summed E-state index contributed by atoms with van der Waals surface area (Å²) in [5.41, 5.74) is 5.47. The second-order valence-corrected chi connectivity index (χ2v) is 3.43. The Morgan fingerprint density at radius 2 is 1.46 bits per heavy atom. The van der Waals surface area contributed by atoms with Gasteiger partial charge in [-0.1, -0.05) is 0 Å². The summed E-state index contributed by atoms with van der Waals surface area (Å²) in [6.45, 7) is 0.0168. The fourth-order valence-electron chi connectivity index (χ4n) is 1.82. The minimum atomic E-state index is -1.17. The highest BCUT2D eigenvalue weighted by Crippen LogP contribution is 2.28. The van der Waals surface area contributed by atoms with Crippen molar-refractivity contribution in [2.75, 3.05) is 6.79 Å². The number of hydrogen-bond acceptors (Lipinski definition) is 6. The second kappa shape index (κ2) is 3.16. The first-order chi connectivity index (χ1) is 6.13. The van der Waals surface area contributed by atoms with Crippen LogP contribution in [0.3, 0.4) is 0 Å². The predicted octanol–water partition coefficient (Wildman–Crippen LogP) is -2.85. The molecule has 5 N–H and O–H groups in total. The topological polar surface area (TPSA) is 105 Å². The zero-order valence-corrected chi connectivity index (χ0v) is 6.91. The minimum Gasteiger partial charge on any atom is -0.389 e. The van der Waals surface area contributed by atoms with Gasteiger partial charge in [-0.05, 0) is 0 Å². The summed E-state index contributed by atoms with van der Waals surface area (Å²) in [6.07, 6.45) is -4.56. The number of aliphatic hydroxyl groups is 3. The van der Waals surface area contributed by atoms with Crippen LogP contribution in [0.1, 0.15) is 0 Å². The second-order valence-electron chi connectivity index (χ2n) is 3.43. The van der Waals surface area contributed by atoms with Crippen LogP contribution in [0.15, 0.2) is 0 Å². The molecule has 2 aliphatic rings. The lowest BCUT2D eigenvalue weighted by atomic mass is 9.84. The normalized spacial score (nSPS) is 56.3. The van der Waals surface area contributed by atoms with Crippen LogP contribution < -0.4 is 5.73 Å². The van der Waals surface area contributed by atoms with Gasteiger partial charge < -0.3 is 30.5 Å². The Morgan fingerprint density at radius 1 is 0.923 bits per heavy atom. The van der Waals surface area contributed by atoms with E-state index in [4.69, 9.17) is 15.2 Å². The van der Waals surface area contributed by atoms with Crippen molar-refractivity contribution in [3.63, 3.8) is 0 Å². The number of ether oxygens (including phenoxy) is 2. The maximum absolute atomic E-state index is 9.53. The molecule has 0 amide bonds. The average molecular weight is 191 g/mol. The van der Waals surface area contributed by atoms with E-state index in [9.17, 15) is 15.3 Å². The zero-order valence-electron chi connectivity index (χ0n) is 6.91. The molecule has 0 radical (unpaired) electrons. The van der Waals surface area contributed by atoms with E-state index in [0.29, 0.717) is 0 Å². The predicted molar refractivity (Wildman–Crippen MR) is 40.6 cm³/mol. The summed E-state index contributed by atoms with van der Waals surface area (Å²) in [5.74, 6) is 0. The molecule has 6 unspecified atom stereocenters. The summed E-state index contributed by atoms with van der Waals surface area (Å²) < 4.78 is 10.0. The Labute approximate surface area is 74.9 Å². The van der Waals surface area contributed by atoms with Crippen molar-refractivity contribution in [1.29, 1.82) is 0 Å². The molecule has 0 aromatic carbocycles. The zero-order chi connectivity index (χ0) is 9.59. The molecule has 2 fully saturated rings. The average Bonchev–Trinajstić information content (AvgIpc) is 2.59. The van der Waals surface area contributed by atoms with E-state index >= 15 is 0 Å². The molecule has 2 rings (SSSR count). The van der Waals surface area contributed by atoms with Crippen LogP contribution in [-0.2, 0) is 9.47 Å². The molecule has 6 nitrogen and oxygen atoms in total. The SMILES string of the molecule is NC1C(O)C(O)C2OCOC2C1O. The van der Waals surface area contributed by atoms with E-state index < -0.39 is 36.6 Å². The summed E-state index contributed by atoms with van der Waals surface area (Å²) >= 11 is 0. The third-order valence-corrected chi connectivity index (χ3v) is 2.66. The first kappa shape index (κ1) is 9.32. The van der Waals surface area contributed by atoms with Gasteiger partial charge in [0.15, 0.2) is 0 Å². The molecule has 1 saturated carbocycles. The molecule has 0 spiro atoms. The molecule has 0 aromatic heterocycles. The molecule has 0 aromatic rings. The van der Waals surface area contributed by atoms with E-state index in [-0.39, 0.29) is 6.79 Å². The van der Waals surface area contributed by atoms with E-state index in [1.54, 1.807) is 0 Å². The van der Waals surface area contributed by atoms with Crippen LogP contribution in [0.2, 0.25) is 0 Å². The highest BCUT2D eigenvalue weighted by Gasteiger charge is 2.51. The molecule has 1 aliphatic heterocycles. The smallest absolute Gasteiger partial charge is 0.148 e. The number of fused-ring (bicyclic) bond motifs is 1. The van der Waals surface area contributed by atoms with Gasteiger partial charge >= 0.3 is 0 Å². The quantitative estimate of drug-likeness (QED) is 0.328. The van der Waals surface area contributed by atoms with E-state index in [1.165, 1.54) is 0 Å². The van der Waals surface area contributed by atoms with Crippen molar-refractivity contribution < 1.29 is 24.8 Å². The van der Waals surface area contributed by atoms with Crippen molar-refractivity contribution in [3.05, 3.63) is 0 Å². The van der Waals surface area contributed by atoms with Gasteiger partial charge in [0.2, 0.25) is 0 Å². The minimum absolute atomic E-state index is 0.0168. The third kappa shape index (κ3) is 1.26. The van der Waals surface area contributed by atoms with Crippen molar-refractivity contribution in [3.8, 4) is 0 Å². The van der Waals surface area contributed by atoms with E-state index in [1.807, 2.05) is 0 Å². The van der Waals surface area contributed by atoms with Gasteiger partial charge in [0, 0.05) is 0 Å². The van der Waals surface area contributed by atoms with Gasteiger partial charge in [-0.25, -0.2) is 0 Å². The van der Waals surface area contributed by atoms with Gasteiger partial charge in [-0.3, -0.25) is 0 Å². The van der Waals surface area contributed by atoms with Crippen LogP contribution in [-0.4, -0.2) is 58.7 Å². The highest BCUT2D eigenvalue weighted by atomic mass is 16.7. The number of aliphatic hydroxyl groups excluding tert-OH is 3. The Bertz CT molecular complexity index is 181. The van der Waals surface area contributed by atoms with Crippen molar-refractivity contribution in [2.24, 2.45) is 5.73 Å². The van der Waals surface area contributed by atoms with Crippen LogP contribution in [0.25, 0.3) is 0 Å². The van der Waals surface area contributed by atoms with Gasteiger partial charge in [0.1, 0.15) is 37.3 Å². The lowest BCUT2D eigenvalue weighted by Crippen LogP contribution is -2.65. The van der Waals surface area contributed by atoms with Crippen LogP contribution in [0.4, 0.5) is 0 Å². The number of nitrogens with two attached hydrogens (primary N) is 1. The van der Waals surface area contributed by atoms with Crippen LogP contribution in [0.5, 0.6) is 0 Å². The monoisotopic (exact) mass is 191 g/mol. The Hall–Kier alpha value is -0.240. The Morgan fingerprint density at radius 3 is 2.08 bits per heavy atom. The number of rotatable bonds is 0. The Balaban J connectivity index is 2.19. The van der Waals surface area contributed by atoms with Gasteiger partial charge in [0.05, 0.1) is 6.04 Å². The molecule has 0 bridgehead atoms. The molecule has 76 valence electrons. The van der Waals surface area contributed by atoms with Crippen LogP contribution in [0, 0.1) is 0 Å². The highest BCUT2D eigenvalue weighted by molar-refractivity contribution is 5.03. The first-order valence-corrected chi connectivity index (χ1v) is 4.16. The van der Waals surface area contributed by atoms with E-state index in [2.05, 4.69) is 0 Å². The molecule has 1 heterocycles. The molecule has 13 heavy (non-hydrogen) atoms. The van der Waals surface area contributed by atoms with Crippen LogP contribution >= 0.6 is 0 Å². The lowest BCUT2D eigenvalue weighted by Gasteiger charge is -2.39. The standard InChI is InChI=1S/C7H13NO5/c8-2-3(9)5(11)7-6(4(2)10)12-1-13-7/h2-7,9-11H,1,8H2. The fraction of sp³-hybridized carbons (Fsp3) is 1.00. The molecule has 1 saturated heterocycles. The lowest BCUT2D eigenvalue weighted by molar-refractivity contribution is -0.143. The summed E-state index contributed by atoms with van der Waals surface area (Å²) in [5, 5.41) is 28.4. The Kier molecular flexibility index (Phi) is 2.26. The maximum atomic E-state index is 9.53. The van der Waals surface area contributed by atoms with E-state index in [0.717, 1.165) is 0 Å². The van der Waals surface area contributed by atoms with Gasteiger partial charge in [-0.2, -0.15) is 0 Å². The molecule has 6 heteroatoms. The first-order valence-electron chi connectivity index (χ1n) is 4.16.